The molecule has 0 aliphatic heterocycles. The van der Waals surface area contributed by atoms with Gasteiger partial charge in [0.15, 0.2) is 0 Å². The summed E-state index contributed by atoms with van der Waals surface area (Å²) in [5.41, 5.74) is 0. The second kappa shape index (κ2) is 55.2. The van der Waals surface area contributed by atoms with E-state index in [1.165, 1.54) is 0 Å². The zero-order chi connectivity index (χ0) is 64.5. The minimum absolute atomic E-state index is 0.00715. The Bertz CT molecular complexity index is 2120. The summed E-state index contributed by atoms with van der Waals surface area (Å²) >= 11 is 0. The van der Waals surface area contributed by atoms with E-state index in [1.807, 2.05) is 0 Å². The smallest absolute Gasteiger partial charge is 0.308 e. The molecule has 88 heavy (non-hydrogen) atoms. The number of hydrogen-bond acceptors (Lipinski definition) is 25. The molecule has 0 spiro atoms. The van der Waals surface area contributed by atoms with Gasteiger partial charge >= 0.3 is 71.6 Å². The summed E-state index contributed by atoms with van der Waals surface area (Å²) in [6.45, 7) is 5.18. The normalized spacial score (nSPS) is 10.8. The highest BCUT2D eigenvalue weighted by molar-refractivity contribution is 5.73. The molecule has 1 aromatic rings. The molecule has 0 fully saturated rings. The fraction of sp³-hybridized carbons (Fsp3) is 0.746. The monoisotopic (exact) mass is 1250 g/mol. The van der Waals surface area contributed by atoms with Crippen molar-refractivity contribution in [2.75, 3.05) is 79.3 Å². The van der Waals surface area contributed by atoms with E-state index < -0.39 is 5.97 Å². The van der Waals surface area contributed by atoms with Crippen molar-refractivity contribution in [3.63, 3.8) is 0 Å². The van der Waals surface area contributed by atoms with Gasteiger partial charge in [-0.25, -0.2) is 0 Å². The summed E-state index contributed by atoms with van der Waals surface area (Å²) in [5, 5.41) is 0. The number of carbonyl (C=O) groups is 12. The van der Waals surface area contributed by atoms with Crippen LogP contribution in [0.15, 0.2) is 22.8 Å². The minimum Gasteiger partial charge on any atom is -0.469 e. The Morgan fingerprint density at radius 2 is 0.466 bits per heavy atom. The zero-order valence-electron chi connectivity index (χ0n) is 52.1. The fourth-order valence-electron chi connectivity index (χ4n) is 7.51. The maximum absolute atomic E-state index is 12.1. The van der Waals surface area contributed by atoms with Gasteiger partial charge in [-0.15, -0.1) is 0 Å². The van der Waals surface area contributed by atoms with Gasteiger partial charge in [0, 0.05) is 70.6 Å². The molecule has 0 aromatic carbocycles. The minimum atomic E-state index is -0.418. The predicted octanol–water partition coefficient (Wildman–Crippen LogP) is 9.09. The first-order valence-electron chi connectivity index (χ1n) is 31.4. The first-order chi connectivity index (χ1) is 42.5. The SMILES string of the molecule is CC(C)C(=O)OCCOC(=O)CCCCOC(=O)CCCCOC(=O)CCCCOC(=O)CCCCOC(=O)CCCCOC(=O)CCCCOC(=O)CCCCOC(=O)CCCCOC(=O)CCCCOC(=O)CCCCOC(=O)CCc1ccco1. The lowest BCUT2D eigenvalue weighted by molar-refractivity contribution is -0.154. The molecule has 0 amide bonds. The highest BCUT2D eigenvalue weighted by atomic mass is 16.6. The summed E-state index contributed by atoms with van der Waals surface area (Å²) in [5.74, 6) is -4.02. The van der Waals surface area contributed by atoms with Crippen LogP contribution in [0.1, 0.15) is 219 Å². The molecule has 0 radical (unpaired) electrons. The van der Waals surface area contributed by atoms with Crippen LogP contribution in [-0.4, -0.2) is 151 Å². The van der Waals surface area contributed by atoms with Crippen LogP contribution in [0.25, 0.3) is 0 Å². The van der Waals surface area contributed by atoms with Crippen molar-refractivity contribution in [3.05, 3.63) is 24.2 Å². The van der Waals surface area contributed by atoms with E-state index >= 15 is 0 Å². The molecule has 25 nitrogen and oxygen atoms in total. The molecule has 0 bridgehead atoms. The second-order valence-corrected chi connectivity index (χ2v) is 20.9. The van der Waals surface area contributed by atoms with Crippen LogP contribution in [0.2, 0.25) is 0 Å². The van der Waals surface area contributed by atoms with Gasteiger partial charge in [-0.2, -0.15) is 0 Å². The molecular formula is C63H98O25. The van der Waals surface area contributed by atoms with Crippen LogP contribution in [0.3, 0.4) is 0 Å². The van der Waals surface area contributed by atoms with Gasteiger partial charge in [0.1, 0.15) is 19.0 Å². The molecule has 0 atom stereocenters. The Morgan fingerprint density at radius 1 is 0.273 bits per heavy atom. The van der Waals surface area contributed by atoms with Crippen molar-refractivity contribution in [1.29, 1.82) is 0 Å². The second-order valence-electron chi connectivity index (χ2n) is 20.9. The van der Waals surface area contributed by atoms with E-state index in [-0.39, 0.29) is 221 Å². The average molecular weight is 1260 g/mol. The van der Waals surface area contributed by atoms with Crippen molar-refractivity contribution < 1.29 is 119 Å². The number of rotatable bonds is 57. The molecule has 0 N–H and O–H groups in total. The molecule has 1 rings (SSSR count). The Hall–Kier alpha value is -7.08. The number of carbonyl (C=O) groups excluding carboxylic acids is 12. The van der Waals surface area contributed by atoms with E-state index in [2.05, 4.69) is 0 Å². The van der Waals surface area contributed by atoms with Gasteiger partial charge < -0.3 is 61.3 Å². The van der Waals surface area contributed by atoms with Crippen molar-refractivity contribution in [1.82, 2.24) is 0 Å². The zero-order valence-corrected chi connectivity index (χ0v) is 52.1. The van der Waals surface area contributed by atoms with Crippen LogP contribution in [0, 0.1) is 5.92 Å². The van der Waals surface area contributed by atoms with Gasteiger partial charge in [-0.1, -0.05) is 13.8 Å². The average Bonchev–Trinajstić information content (AvgIpc) is 4.06. The maximum atomic E-state index is 12.1. The Labute approximate surface area is 517 Å². The van der Waals surface area contributed by atoms with Gasteiger partial charge in [-0.05, 0) is 141 Å². The Kier molecular flexibility index (Phi) is 49.6. The third-order valence-corrected chi connectivity index (χ3v) is 12.6. The van der Waals surface area contributed by atoms with Crippen LogP contribution in [0.4, 0.5) is 0 Å². The number of ether oxygens (including phenoxy) is 12. The van der Waals surface area contributed by atoms with Crippen LogP contribution in [0.5, 0.6) is 0 Å². The van der Waals surface area contributed by atoms with Crippen molar-refractivity contribution in [2.45, 2.75) is 219 Å². The molecule has 500 valence electrons. The van der Waals surface area contributed by atoms with Crippen LogP contribution in [-0.2, 0) is 121 Å². The summed E-state index contributed by atoms with van der Waals surface area (Å²) < 4.78 is 67.1. The molecule has 0 saturated carbocycles. The molecule has 25 heteroatoms. The Balaban J connectivity index is 1.83. The highest BCUT2D eigenvalue weighted by Gasteiger charge is 2.14. The van der Waals surface area contributed by atoms with E-state index in [4.69, 9.17) is 61.3 Å². The van der Waals surface area contributed by atoms with Crippen molar-refractivity contribution >= 4 is 71.6 Å². The summed E-state index contributed by atoms with van der Waals surface area (Å²) in [4.78, 5) is 143. The number of unbranched alkanes of at least 4 members (excludes halogenated alkanes) is 10. The third kappa shape index (κ3) is 52.1. The lowest BCUT2D eigenvalue weighted by atomic mass is 10.2. The van der Waals surface area contributed by atoms with Gasteiger partial charge in [0.05, 0.1) is 84.7 Å². The summed E-state index contributed by atoms with van der Waals surface area (Å²) in [7, 11) is 0. The predicted molar refractivity (Wildman–Crippen MR) is 312 cm³/mol. The standard InChI is InChI=1S/C63H98O25/c1-50(2)63(75)88-49-48-87-61(73)34-12-21-45-85-59(71)32-10-19-43-83-57(69)30-8-17-41-81-55(67)28-6-15-39-79-53(65)26-4-13-37-77-52(64)25-3-14-38-78-54(66)27-5-16-40-80-56(68)29-7-18-42-82-58(70)31-9-20-44-84-60(72)33-11-22-46-86-62(74)36-35-51-24-23-47-76-51/h23-24,47,50H,3-22,25-46,48-49H2,1-2H3. The number of esters is 12. The Morgan fingerprint density at radius 3 is 0.659 bits per heavy atom. The fourth-order valence-corrected chi connectivity index (χ4v) is 7.51. The molecule has 1 heterocycles. The van der Waals surface area contributed by atoms with Crippen molar-refractivity contribution in [2.24, 2.45) is 5.92 Å². The highest BCUT2D eigenvalue weighted by Crippen LogP contribution is 2.11. The van der Waals surface area contributed by atoms with E-state index in [1.54, 1.807) is 32.2 Å². The topological polar surface area (TPSA) is 329 Å². The lowest BCUT2D eigenvalue weighted by Gasteiger charge is -2.08. The van der Waals surface area contributed by atoms with Gasteiger partial charge in [-0.3, -0.25) is 57.5 Å². The molecule has 1 aromatic heterocycles. The maximum Gasteiger partial charge on any atom is 0.308 e. The van der Waals surface area contributed by atoms with E-state index in [0.717, 1.165) is 5.76 Å². The first-order valence-corrected chi connectivity index (χ1v) is 31.4. The molecule has 0 saturated heterocycles. The quantitative estimate of drug-likeness (QED) is 0.0333. The van der Waals surface area contributed by atoms with Crippen LogP contribution < -0.4 is 0 Å². The molecule has 0 unspecified atom stereocenters. The molecule has 0 aliphatic carbocycles. The summed E-state index contributed by atoms with van der Waals surface area (Å²) in [6.07, 6.45) is 13.8. The number of furan rings is 1. The van der Waals surface area contributed by atoms with Gasteiger partial charge in [0.25, 0.3) is 0 Å². The molecular weight excluding hydrogens is 1160 g/mol. The lowest BCUT2D eigenvalue weighted by Crippen LogP contribution is -2.17. The van der Waals surface area contributed by atoms with Crippen LogP contribution >= 0.6 is 0 Å². The van der Waals surface area contributed by atoms with E-state index in [9.17, 15) is 57.5 Å². The van der Waals surface area contributed by atoms with Crippen molar-refractivity contribution in [3.8, 4) is 0 Å². The molecule has 0 aliphatic rings. The summed E-state index contributed by atoms with van der Waals surface area (Å²) in [6, 6.07) is 3.55. The van der Waals surface area contributed by atoms with Gasteiger partial charge in [0.2, 0.25) is 0 Å². The first kappa shape index (κ1) is 78.9. The van der Waals surface area contributed by atoms with E-state index in [0.29, 0.717) is 135 Å². The third-order valence-electron chi connectivity index (χ3n) is 12.6. The largest absolute Gasteiger partial charge is 0.469 e. The number of aryl methyl sites for hydroxylation is 1. The number of hydrogen-bond donors (Lipinski definition) is 0.